The van der Waals surface area contributed by atoms with Gasteiger partial charge < -0.3 is 9.80 Å². The van der Waals surface area contributed by atoms with Crippen molar-refractivity contribution in [3.05, 3.63) is 12.0 Å². The lowest BCUT2D eigenvalue weighted by Crippen LogP contribution is -2.40. The number of nitrogens with zero attached hydrogens (tertiary/aromatic N) is 6. The first-order valence-electron chi connectivity index (χ1n) is 9.38. The summed E-state index contributed by atoms with van der Waals surface area (Å²) < 4.78 is 1.80. The number of hydrogen-bond donors (Lipinski definition) is 0. The van der Waals surface area contributed by atoms with Crippen LogP contribution in [-0.2, 0) is 11.8 Å². The van der Waals surface area contributed by atoms with Crippen molar-refractivity contribution in [2.24, 2.45) is 13.0 Å². The Bertz CT molecular complexity index is 792. The summed E-state index contributed by atoms with van der Waals surface area (Å²) >= 11 is 1.94. The van der Waals surface area contributed by atoms with Gasteiger partial charge in [0.05, 0.1) is 11.6 Å². The van der Waals surface area contributed by atoms with E-state index < -0.39 is 0 Å². The van der Waals surface area contributed by atoms with Crippen LogP contribution in [0.5, 0.6) is 0 Å². The van der Waals surface area contributed by atoms with Gasteiger partial charge in [-0.15, -0.1) is 0 Å². The average molecular weight is 375 g/mol. The maximum Gasteiger partial charge on any atom is 0.222 e. The first-order chi connectivity index (χ1) is 12.6. The van der Waals surface area contributed by atoms with E-state index in [0.717, 1.165) is 73.2 Å². The number of hydrogen-bond acceptors (Lipinski definition) is 6. The molecule has 2 saturated heterocycles. The van der Waals surface area contributed by atoms with Gasteiger partial charge in [0.2, 0.25) is 5.91 Å². The Morgan fingerprint density at radius 2 is 1.92 bits per heavy atom. The van der Waals surface area contributed by atoms with Crippen molar-refractivity contribution in [2.45, 2.75) is 26.2 Å². The summed E-state index contributed by atoms with van der Waals surface area (Å²) in [6, 6.07) is 0. The zero-order valence-corrected chi connectivity index (χ0v) is 16.3. The van der Waals surface area contributed by atoms with E-state index in [4.69, 9.17) is 0 Å². The molecule has 0 unspecified atom stereocenters. The van der Waals surface area contributed by atoms with E-state index in [-0.39, 0.29) is 0 Å². The van der Waals surface area contributed by atoms with Gasteiger partial charge in [0.15, 0.2) is 5.65 Å². The van der Waals surface area contributed by atoms with Crippen molar-refractivity contribution in [1.82, 2.24) is 24.6 Å². The van der Waals surface area contributed by atoms with E-state index in [2.05, 4.69) is 24.9 Å². The smallest absolute Gasteiger partial charge is 0.222 e. The van der Waals surface area contributed by atoms with Gasteiger partial charge in [-0.3, -0.25) is 9.48 Å². The molecule has 0 bridgehead atoms. The largest absolute Gasteiger partial charge is 0.356 e. The molecule has 8 heteroatoms. The number of piperidine rings is 1. The first kappa shape index (κ1) is 17.6. The highest BCUT2D eigenvalue weighted by Gasteiger charge is 2.26. The predicted molar refractivity (Wildman–Crippen MR) is 105 cm³/mol. The van der Waals surface area contributed by atoms with Crippen molar-refractivity contribution in [3.63, 3.8) is 0 Å². The number of thioether (sulfide) groups is 1. The summed E-state index contributed by atoms with van der Waals surface area (Å²) in [6.07, 6.45) is 4.63. The van der Waals surface area contributed by atoms with Crippen LogP contribution in [-0.4, -0.2) is 68.2 Å². The zero-order valence-electron chi connectivity index (χ0n) is 15.5. The van der Waals surface area contributed by atoms with Crippen molar-refractivity contribution < 1.29 is 4.79 Å². The van der Waals surface area contributed by atoms with Crippen LogP contribution in [0.2, 0.25) is 0 Å². The molecule has 2 fully saturated rings. The topological polar surface area (TPSA) is 67.2 Å². The number of carbonyl (C=O) groups excluding carboxylic acids is 1. The Kier molecular flexibility index (Phi) is 5.02. The Balaban J connectivity index is 1.40. The summed E-state index contributed by atoms with van der Waals surface area (Å²) in [5.41, 5.74) is 0.882. The molecule has 2 aromatic rings. The fourth-order valence-corrected chi connectivity index (χ4v) is 4.79. The van der Waals surface area contributed by atoms with Gasteiger partial charge in [-0.2, -0.15) is 16.9 Å². The highest BCUT2D eigenvalue weighted by molar-refractivity contribution is 7.99. The lowest BCUT2D eigenvalue weighted by atomic mass is 9.93. The van der Waals surface area contributed by atoms with Crippen LogP contribution in [0.1, 0.15) is 25.1 Å². The molecule has 4 heterocycles. The number of amides is 1. The normalized spacial score (nSPS) is 19.3. The van der Waals surface area contributed by atoms with E-state index in [1.54, 1.807) is 4.68 Å². The molecular weight excluding hydrogens is 348 g/mol. The number of aryl methyl sites for hydroxylation is 2. The molecule has 0 N–H and O–H groups in total. The molecule has 7 nitrogen and oxygen atoms in total. The van der Waals surface area contributed by atoms with E-state index in [1.165, 1.54) is 0 Å². The predicted octanol–water partition coefficient (Wildman–Crippen LogP) is 1.85. The van der Waals surface area contributed by atoms with Crippen molar-refractivity contribution in [2.75, 3.05) is 42.6 Å². The number of rotatable bonds is 3. The molecule has 0 aliphatic carbocycles. The summed E-state index contributed by atoms with van der Waals surface area (Å²) in [7, 11) is 1.91. The van der Waals surface area contributed by atoms with Gasteiger partial charge in [-0.25, -0.2) is 9.97 Å². The summed E-state index contributed by atoms with van der Waals surface area (Å²) in [4.78, 5) is 26.1. The maximum atomic E-state index is 12.5. The molecule has 4 rings (SSSR count). The van der Waals surface area contributed by atoms with Gasteiger partial charge in [0, 0.05) is 51.2 Å². The summed E-state index contributed by atoms with van der Waals surface area (Å²) in [5, 5.41) is 5.35. The Morgan fingerprint density at radius 3 is 2.65 bits per heavy atom. The quantitative estimate of drug-likeness (QED) is 0.817. The number of carbonyl (C=O) groups is 1. The van der Waals surface area contributed by atoms with Crippen LogP contribution in [0.4, 0.5) is 5.82 Å². The zero-order chi connectivity index (χ0) is 18.1. The molecule has 2 aromatic heterocycles. The second kappa shape index (κ2) is 7.42. The van der Waals surface area contributed by atoms with Crippen molar-refractivity contribution >= 4 is 34.5 Å². The number of fused-ring (bicyclic) bond motifs is 1. The van der Waals surface area contributed by atoms with Crippen LogP contribution < -0.4 is 4.90 Å². The molecule has 26 heavy (non-hydrogen) atoms. The molecule has 0 atom stereocenters. The van der Waals surface area contributed by atoms with Gasteiger partial charge in [0.1, 0.15) is 11.6 Å². The molecule has 2 aliphatic heterocycles. The fraction of sp³-hybridized carbons (Fsp3) is 0.667. The van der Waals surface area contributed by atoms with Gasteiger partial charge in [-0.05, 0) is 25.7 Å². The molecule has 1 amide bonds. The minimum absolute atomic E-state index is 0.344. The highest BCUT2D eigenvalue weighted by Crippen LogP contribution is 2.29. The minimum Gasteiger partial charge on any atom is -0.356 e. The highest BCUT2D eigenvalue weighted by atomic mass is 32.2. The average Bonchev–Trinajstić information content (AvgIpc) is 3.03. The van der Waals surface area contributed by atoms with Crippen LogP contribution in [0, 0.1) is 12.8 Å². The van der Waals surface area contributed by atoms with Gasteiger partial charge >= 0.3 is 0 Å². The molecular formula is C18H26N6OS. The summed E-state index contributed by atoms with van der Waals surface area (Å²) in [5.74, 6) is 4.75. The number of anilines is 1. The molecule has 0 aromatic carbocycles. The fourth-order valence-electron chi connectivity index (χ4n) is 3.89. The monoisotopic (exact) mass is 374 g/mol. The molecule has 0 spiro atoms. The molecule has 0 saturated carbocycles. The third-order valence-corrected chi connectivity index (χ3v) is 6.37. The maximum absolute atomic E-state index is 12.5. The van der Waals surface area contributed by atoms with E-state index >= 15 is 0 Å². The van der Waals surface area contributed by atoms with Crippen LogP contribution in [0.3, 0.4) is 0 Å². The van der Waals surface area contributed by atoms with Crippen LogP contribution >= 0.6 is 11.8 Å². The second-order valence-corrected chi connectivity index (χ2v) is 8.45. The molecule has 140 valence electrons. The van der Waals surface area contributed by atoms with E-state index in [1.807, 2.05) is 31.9 Å². The second-order valence-electron chi connectivity index (χ2n) is 7.23. The van der Waals surface area contributed by atoms with E-state index in [0.29, 0.717) is 18.2 Å². The number of aromatic nitrogens is 4. The summed E-state index contributed by atoms with van der Waals surface area (Å²) in [6.45, 7) is 5.64. The van der Waals surface area contributed by atoms with Crippen molar-refractivity contribution in [1.29, 1.82) is 0 Å². The van der Waals surface area contributed by atoms with E-state index in [9.17, 15) is 4.79 Å². The minimum atomic E-state index is 0.344. The van der Waals surface area contributed by atoms with Crippen LogP contribution in [0.25, 0.3) is 11.0 Å². The van der Waals surface area contributed by atoms with Gasteiger partial charge in [0.25, 0.3) is 0 Å². The lowest BCUT2D eigenvalue weighted by molar-refractivity contribution is -0.132. The Morgan fingerprint density at radius 1 is 1.19 bits per heavy atom. The van der Waals surface area contributed by atoms with Crippen molar-refractivity contribution in [3.8, 4) is 0 Å². The molecule has 0 radical (unpaired) electrons. The standard InChI is InChI=1S/C18H26N6OS/c1-13-20-17-15(12-19-22(17)2)18(21-13)24-5-3-14(4-6-24)11-16(25)23-7-9-26-10-8-23/h12,14H,3-11H2,1-2H3. The Labute approximate surface area is 158 Å². The first-order valence-corrected chi connectivity index (χ1v) is 10.5. The van der Waals surface area contributed by atoms with Gasteiger partial charge in [-0.1, -0.05) is 0 Å². The lowest BCUT2D eigenvalue weighted by Gasteiger charge is -2.34. The third-order valence-electron chi connectivity index (χ3n) is 5.42. The van der Waals surface area contributed by atoms with Crippen LogP contribution in [0.15, 0.2) is 6.20 Å². The Hall–Kier alpha value is -1.83. The SMILES string of the molecule is Cc1nc(N2CCC(CC(=O)N3CCSCC3)CC2)c2cnn(C)c2n1. The molecule has 2 aliphatic rings. The third kappa shape index (κ3) is 3.51.